The average molecular weight is 212 g/mol. The molecule has 2 unspecified atom stereocenters. The topological polar surface area (TPSA) is 26.3 Å². The fourth-order valence-electron chi connectivity index (χ4n) is 1.79. The van der Waals surface area contributed by atoms with Gasteiger partial charge < -0.3 is 4.74 Å². The van der Waals surface area contributed by atoms with Crippen molar-refractivity contribution in [3.05, 3.63) is 12.7 Å². The van der Waals surface area contributed by atoms with Crippen LogP contribution in [0.15, 0.2) is 12.7 Å². The van der Waals surface area contributed by atoms with E-state index in [9.17, 15) is 4.79 Å². The Kier molecular flexibility index (Phi) is 7.10. The Balaban J connectivity index is 4.42. The lowest BCUT2D eigenvalue weighted by Crippen LogP contribution is -2.24. The molecule has 0 aromatic rings. The molecule has 0 saturated carbocycles. The fraction of sp³-hybridized carbons (Fsp3) is 0.769. The third-order valence-corrected chi connectivity index (χ3v) is 2.85. The normalized spacial score (nSPS) is 14.7. The Labute approximate surface area is 93.7 Å². The van der Waals surface area contributed by atoms with Crippen LogP contribution in [0.1, 0.15) is 40.0 Å². The minimum Gasteiger partial charge on any atom is -0.469 e. The Hall–Kier alpha value is -0.790. The van der Waals surface area contributed by atoms with E-state index in [4.69, 9.17) is 4.74 Å². The lowest BCUT2D eigenvalue weighted by molar-refractivity contribution is -0.147. The number of methoxy groups -OCH3 is 1. The standard InChI is InChI=1S/C13H24O2/c1-6-11(7-2)12(13(14)15-5)9-8-10(3)4/h6,10-12H,1,7-9H2,2-5H3. The van der Waals surface area contributed by atoms with E-state index < -0.39 is 0 Å². The summed E-state index contributed by atoms with van der Waals surface area (Å²) in [6.07, 6.45) is 4.78. The molecule has 2 atom stereocenters. The van der Waals surface area contributed by atoms with Crippen molar-refractivity contribution < 1.29 is 9.53 Å². The first-order chi connectivity index (χ1) is 7.06. The highest BCUT2D eigenvalue weighted by Crippen LogP contribution is 2.25. The molecular formula is C13H24O2. The van der Waals surface area contributed by atoms with E-state index >= 15 is 0 Å². The third kappa shape index (κ3) is 5.01. The summed E-state index contributed by atoms with van der Waals surface area (Å²) in [4.78, 5) is 11.6. The van der Waals surface area contributed by atoms with Crippen LogP contribution in [0.25, 0.3) is 0 Å². The van der Waals surface area contributed by atoms with Crippen molar-refractivity contribution in [3.8, 4) is 0 Å². The van der Waals surface area contributed by atoms with Crippen LogP contribution in [-0.4, -0.2) is 13.1 Å². The molecule has 2 nitrogen and oxygen atoms in total. The number of ether oxygens (including phenoxy) is 1. The molecule has 0 radical (unpaired) electrons. The van der Waals surface area contributed by atoms with Crippen LogP contribution in [-0.2, 0) is 9.53 Å². The van der Waals surface area contributed by atoms with E-state index in [1.807, 2.05) is 6.08 Å². The van der Waals surface area contributed by atoms with Crippen molar-refractivity contribution in [1.82, 2.24) is 0 Å². The first-order valence-electron chi connectivity index (χ1n) is 5.77. The lowest BCUT2D eigenvalue weighted by atomic mass is 9.85. The van der Waals surface area contributed by atoms with Gasteiger partial charge in [0.05, 0.1) is 13.0 Å². The predicted octanol–water partition coefficient (Wildman–Crippen LogP) is 3.42. The van der Waals surface area contributed by atoms with Crippen LogP contribution < -0.4 is 0 Å². The maximum atomic E-state index is 11.6. The van der Waals surface area contributed by atoms with Crippen LogP contribution in [0.2, 0.25) is 0 Å². The van der Waals surface area contributed by atoms with Gasteiger partial charge in [-0.3, -0.25) is 4.79 Å². The minimum atomic E-state index is -0.0950. The summed E-state index contributed by atoms with van der Waals surface area (Å²) in [6.45, 7) is 10.2. The van der Waals surface area contributed by atoms with Crippen LogP contribution in [0.3, 0.4) is 0 Å². The maximum Gasteiger partial charge on any atom is 0.309 e. The first kappa shape index (κ1) is 14.2. The van der Waals surface area contributed by atoms with E-state index in [-0.39, 0.29) is 17.8 Å². The van der Waals surface area contributed by atoms with Gasteiger partial charge in [0.25, 0.3) is 0 Å². The zero-order valence-corrected chi connectivity index (χ0v) is 10.5. The van der Waals surface area contributed by atoms with Gasteiger partial charge in [0, 0.05) is 0 Å². The van der Waals surface area contributed by atoms with Gasteiger partial charge in [-0.15, -0.1) is 6.58 Å². The number of rotatable bonds is 7. The molecule has 0 fully saturated rings. The molecule has 15 heavy (non-hydrogen) atoms. The van der Waals surface area contributed by atoms with E-state index in [0.29, 0.717) is 5.92 Å². The zero-order valence-electron chi connectivity index (χ0n) is 10.5. The van der Waals surface area contributed by atoms with Crippen molar-refractivity contribution in [2.24, 2.45) is 17.8 Å². The second-order valence-corrected chi connectivity index (χ2v) is 4.41. The molecule has 0 N–H and O–H groups in total. The van der Waals surface area contributed by atoms with E-state index in [1.165, 1.54) is 7.11 Å². The number of carbonyl (C=O) groups is 1. The quantitative estimate of drug-likeness (QED) is 0.477. The molecule has 0 aromatic carbocycles. The van der Waals surface area contributed by atoms with Gasteiger partial charge in [0.15, 0.2) is 0 Å². The summed E-state index contributed by atoms with van der Waals surface area (Å²) in [7, 11) is 1.46. The van der Waals surface area contributed by atoms with Crippen LogP contribution in [0.4, 0.5) is 0 Å². The highest BCUT2D eigenvalue weighted by Gasteiger charge is 2.25. The van der Waals surface area contributed by atoms with Crippen molar-refractivity contribution in [3.63, 3.8) is 0 Å². The maximum absolute atomic E-state index is 11.6. The highest BCUT2D eigenvalue weighted by atomic mass is 16.5. The Bertz CT molecular complexity index is 197. The monoisotopic (exact) mass is 212 g/mol. The number of carbonyl (C=O) groups excluding carboxylic acids is 1. The summed E-state index contributed by atoms with van der Waals surface area (Å²) in [5, 5.41) is 0. The molecule has 0 rings (SSSR count). The van der Waals surface area contributed by atoms with Gasteiger partial charge in [-0.25, -0.2) is 0 Å². The first-order valence-corrected chi connectivity index (χ1v) is 5.77. The molecule has 88 valence electrons. The SMILES string of the molecule is C=CC(CC)C(CCC(C)C)C(=O)OC. The second-order valence-electron chi connectivity index (χ2n) is 4.41. The smallest absolute Gasteiger partial charge is 0.309 e. The lowest BCUT2D eigenvalue weighted by Gasteiger charge is -2.21. The highest BCUT2D eigenvalue weighted by molar-refractivity contribution is 5.72. The largest absolute Gasteiger partial charge is 0.469 e. The van der Waals surface area contributed by atoms with Gasteiger partial charge in [-0.05, 0) is 24.7 Å². The van der Waals surface area contributed by atoms with Crippen molar-refractivity contribution >= 4 is 5.97 Å². The van der Waals surface area contributed by atoms with E-state index in [1.54, 1.807) is 0 Å². The van der Waals surface area contributed by atoms with Crippen molar-refractivity contribution in [2.45, 2.75) is 40.0 Å². The molecule has 0 aliphatic carbocycles. The Morgan fingerprint density at radius 1 is 1.40 bits per heavy atom. The van der Waals surface area contributed by atoms with E-state index in [2.05, 4.69) is 27.4 Å². The molecule has 0 amide bonds. The summed E-state index contributed by atoms with van der Waals surface area (Å²) in [5.74, 6) is 0.762. The Morgan fingerprint density at radius 3 is 2.33 bits per heavy atom. The number of hydrogen-bond donors (Lipinski definition) is 0. The zero-order chi connectivity index (χ0) is 11.8. The van der Waals surface area contributed by atoms with Crippen LogP contribution >= 0.6 is 0 Å². The molecule has 0 bridgehead atoms. The minimum absolute atomic E-state index is 0.0140. The number of allylic oxidation sites excluding steroid dienone is 1. The van der Waals surface area contributed by atoms with Crippen LogP contribution in [0, 0.1) is 17.8 Å². The summed E-state index contributed by atoms with van der Waals surface area (Å²) in [6, 6.07) is 0. The van der Waals surface area contributed by atoms with Crippen molar-refractivity contribution in [1.29, 1.82) is 0 Å². The predicted molar refractivity (Wildman–Crippen MR) is 63.6 cm³/mol. The van der Waals surface area contributed by atoms with Crippen molar-refractivity contribution in [2.75, 3.05) is 7.11 Å². The molecule has 0 aliphatic heterocycles. The molecule has 0 heterocycles. The molecule has 2 heteroatoms. The third-order valence-electron chi connectivity index (χ3n) is 2.85. The van der Waals surface area contributed by atoms with Gasteiger partial charge in [0.1, 0.15) is 0 Å². The van der Waals surface area contributed by atoms with E-state index in [0.717, 1.165) is 19.3 Å². The fourth-order valence-corrected chi connectivity index (χ4v) is 1.79. The molecule has 0 aliphatic rings. The summed E-state index contributed by atoms with van der Waals surface area (Å²) >= 11 is 0. The average Bonchev–Trinajstić information content (AvgIpc) is 2.22. The molecule has 0 spiro atoms. The van der Waals surface area contributed by atoms with Gasteiger partial charge in [0.2, 0.25) is 0 Å². The van der Waals surface area contributed by atoms with Gasteiger partial charge >= 0.3 is 5.97 Å². The van der Waals surface area contributed by atoms with Crippen LogP contribution in [0.5, 0.6) is 0 Å². The Morgan fingerprint density at radius 2 is 2.00 bits per heavy atom. The molecule has 0 aromatic heterocycles. The molecule has 0 saturated heterocycles. The van der Waals surface area contributed by atoms with Gasteiger partial charge in [-0.2, -0.15) is 0 Å². The number of hydrogen-bond acceptors (Lipinski definition) is 2. The summed E-state index contributed by atoms with van der Waals surface area (Å²) < 4.78 is 4.84. The molecular weight excluding hydrogens is 188 g/mol. The summed E-state index contributed by atoms with van der Waals surface area (Å²) in [5.41, 5.74) is 0. The number of esters is 1. The second kappa shape index (κ2) is 7.49. The van der Waals surface area contributed by atoms with Gasteiger partial charge in [-0.1, -0.05) is 33.3 Å².